The quantitative estimate of drug-likeness (QED) is 0.785. The summed E-state index contributed by atoms with van der Waals surface area (Å²) in [5.41, 5.74) is 1.30. The van der Waals surface area contributed by atoms with Gasteiger partial charge in [-0.1, -0.05) is 37.8 Å². The monoisotopic (exact) mass is 341 g/mol. The summed E-state index contributed by atoms with van der Waals surface area (Å²) in [5, 5.41) is 6.28. The normalized spacial score (nSPS) is 15.4. The highest BCUT2D eigenvalue weighted by molar-refractivity contribution is 5.92. The van der Waals surface area contributed by atoms with Crippen molar-refractivity contribution in [2.45, 2.75) is 51.0 Å². The van der Waals surface area contributed by atoms with Gasteiger partial charge in [0.15, 0.2) is 0 Å². The van der Waals surface area contributed by atoms with Gasteiger partial charge in [0.25, 0.3) is 0 Å². The molecule has 0 spiro atoms. The molecule has 1 heterocycles. The van der Waals surface area contributed by atoms with E-state index in [-0.39, 0.29) is 18.1 Å². The predicted octanol–water partition coefficient (Wildman–Crippen LogP) is 4.54. The highest BCUT2D eigenvalue weighted by Crippen LogP contribution is 2.21. The highest BCUT2D eigenvalue weighted by Gasteiger charge is 2.12. The smallest absolute Gasteiger partial charge is 0.228 e. The van der Waals surface area contributed by atoms with E-state index in [9.17, 15) is 9.18 Å². The van der Waals surface area contributed by atoms with Crippen molar-refractivity contribution in [2.75, 3.05) is 10.6 Å². The van der Waals surface area contributed by atoms with Gasteiger partial charge in [-0.2, -0.15) is 0 Å². The molecular formula is C20H24FN3O. The lowest BCUT2D eigenvalue weighted by molar-refractivity contribution is -0.115. The Balaban J connectivity index is 1.52. The van der Waals surface area contributed by atoms with Gasteiger partial charge in [-0.3, -0.25) is 4.79 Å². The van der Waals surface area contributed by atoms with E-state index < -0.39 is 0 Å². The minimum atomic E-state index is -0.332. The number of hydrogen-bond acceptors (Lipinski definition) is 3. The molecule has 2 N–H and O–H groups in total. The second kappa shape index (κ2) is 8.60. The maximum atomic E-state index is 13.2. The zero-order valence-corrected chi connectivity index (χ0v) is 14.3. The van der Waals surface area contributed by atoms with E-state index in [1.165, 1.54) is 50.7 Å². The van der Waals surface area contributed by atoms with Crippen molar-refractivity contribution in [3.8, 4) is 0 Å². The molecule has 0 radical (unpaired) electrons. The third-order valence-electron chi connectivity index (χ3n) is 4.51. The third kappa shape index (κ3) is 5.55. The summed E-state index contributed by atoms with van der Waals surface area (Å²) in [6, 6.07) is 10.3. The summed E-state index contributed by atoms with van der Waals surface area (Å²) in [7, 11) is 0. The Kier molecular flexibility index (Phi) is 5.99. The number of nitrogens with one attached hydrogen (secondary N) is 2. The highest BCUT2D eigenvalue weighted by atomic mass is 19.1. The Morgan fingerprint density at radius 1 is 1.12 bits per heavy atom. The third-order valence-corrected chi connectivity index (χ3v) is 4.51. The Labute approximate surface area is 147 Å². The number of amides is 1. The number of nitrogens with zero attached hydrogens (tertiary/aromatic N) is 1. The molecule has 1 aliphatic carbocycles. The number of rotatable bonds is 5. The Hall–Kier alpha value is -2.43. The molecule has 1 fully saturated rings. The minimum Gasteiger partial charge on any atom is -0.367 e. The largest absolute Gasteiger partial charge is 0.367 e. The Morgan fingerprint density at radius 2 is 1.92 bits per heavy atom. The van der Waals surface area contributed by atoms with E-state index in [0.717, 1.165) is 5.82 Å². The summed E-state index contributed by atoms with van der Waals surface area (Å²) >= 11 is 0. The fourth-order valence-corrected chi connectivity index (χ4v) is 3.22. The Bertz CT molecular complexity index is 694. The second-order valence-electron chi connectivity index (χ2n) is 6.62. The van der Waals surface area contributed by atoms with Crippen LogP contribution in [0.25, 0.3) is 0 Å². The van der Waals surface area contributed by atoms with Crippen LogP contribution in [0.4, 0.5) is 15.9 Å². The fourth-order valence-electron chi connectivity index (χ4n) is 3.22. The molecule has 1 aliphatic rings. The molecule has 1 aromatic heterocycles. The van der Waals surface area contributed by atoms with Crippen molar-refractivity contribution in [3.63, 3.8) is 0 Å². The SMILES string of the molecule is O=C(Cc1cccc(F)c1)Nc1ccc(NC2CCCCCC2)nc1. The number of carbonyl (C=O) groups excluding carboxylic acids is 1. The molecule has 2 aromatic rings. The molecule has 1 aromatic carbocycles. The van der Waals surface area contributed by atoms with Crippen LogP contribution in [0.1, 0.15) is 44.1 Å². The molecule has 1 saturated carbocycles. The zero-order valence-electron chi connectivity index (χ0n) is 14.3. The van der Waals surface area contributed by atoms with Gasteiger partial charge in [0.1, 0.15) is 11.6 Å². The molecule has 3 rings (SSSR count). The summed E-state index contributed by atoms with van der Waals surface area (Å²) in [4.78, 5) is 16.4. The first-order valence-corrected chi connectivity index (χ1v) is 8.96. The predicted molar refractivity (Wildman–Crippen MR) is 98.1 cm³/mol. The molecule has 0 bridgehead atoms. The van der Waals surface area contributed by atoms with Crippen LogP contribution in [-0.4, -0.2) is 16.9 Å². The van der Waals surface area contributed by atoms with Crippen LogP contribution in [0, 0.1) is 5.82 Å². The van der Waals surface area contributed by atoms with Crippen LogP contribution in [0.3, 0.4) is 0 Å². The minimum absolute atomic E-state index is 0.139. The van der Waals surface area contributed by atoms with Gasteiger partial charge in [-0.15, -0.1) is 0 Å². The fraction of sp³-hybridized carbons (Fsp3) is 0.400. The topological polar surface area (TPSA) is 54.0 Å². The number of aromatic nitrogens is 1. The average Bonchev–Trinajstić information content (AvgIpc) is 2.85. The maximum absolute atomic E-state index is 13.2. The average molecular weight is 341 g/mol. The molecular weight excluding hydrogens is 317 g/mol. The first kappa shape index (κ1) is 17.4. The van der Waals surface area contributed by atoms with E-state index in [4.69, 9.17) is 0 Å². The van der Waals surface area contributed by atoms with Crippen LogP contribution in [0.15, 0.2) is 42.6 Å². The van der Waals surface area contributed by atoms with E-state index in [1.54, 1.807) is 18.3 Å². The lowest BCUT2D eigenvalue weighted by Gasteiger charge is -2.17. The lowest BCUT2D eigenvalue weighted by atomic mass is 10.1. The number of anilines is 2. The standard InChI is InChI=1S/C20H24FN3O/c21-16-7-5-6-15(12-16)13-20(25)24-18-10-11-19(22-14-18)23-17-8-3-1-2-4-9-17/h5-7,10-12,14,17H,1-4,8-9,13H2,(H,22,23)(H,24,25). The number of halogens is 1. The summed E-state index contributed by atoms with van der Waals surface area (Å²) < 4.78 is 13.2. The van der Waals surface area contributed by atoms with Gasteiger partial charge in [0, 0.05) is 6.04 Å². The number of hydrogen-bond donors (Lipinski definition) is 2. The van der Waals surface area contributed by atoms with Gasteiger partial charge >= 0.3 is 0 Å². The summed E-state index contributed by atoms with van der Waals surface area (Å²) in [6.45, 7) is 0. The number of carbonyl (C=O) groups is 1. The van der Waals surface area contributed by atoms with Crippen molar-refractivity contribution >= 4 is 17.4 Å². The molecule has 5 heteroatoms. The van der Waals surface area contributed by atoms with Crippen molar-refractivity contribution < 1.29 is 9.18 Å². The number of benzene rings is 1. The van der Waals surface area contributed by atoms with Crippen LogP contribution in [0.2, 0.25) is 0 Å². The van der Waals surface area contributed by atoms with Crippen molar-refractivity contribution in [3.05, 3.63) is 54.0 Å². The van der Waals surface area contributed by atoms with Gasteiger partial charge in [0.05, 0.1) is 18.3 Å². The number of pyridine rings is 1. The molecule has 0 aliphatic heterocycles. The van der Waals surface area contributed by atoms with E-state index in [2.05, 4.69) is 15.6 Å². The van der Waals surface area contributed by atoms with Crippen molar-refractivity contribution in [1.82, 2.24) is 4.98 Å². The first-order chi connectivity index (χ1) is 12.2. The Morgan fingerprint density at radius 3 is 2.60 bits per heavy atom. The molecule has 0 unspecified atom stereocenters. The summed E-state index contributed by atoms with van der Waals surface area (Å²) in [5.74, 6) is 0.327. The van der Waals surface area contributed by atoms with E-state index in [1.807, 2.05) is 12.1 Å². The lowest BCUT2D eigenvalue weighted by Crippen LogP contribution is -2.19. The molecule has 4 nitrogen and oxygen atoms in total. The van der Waals surface area contributed by atoms with Gasteiger partial charge in [-0.25, -0.2) is 9.37 Å². The van der Waals surface area contributed by atoms with Crippen LogP contribution < -0.4 is 10.6 Å². The maximum Gasteiger partial charge on any atom is 0.228 e. The molecule has 0 saturated heterocycles. The van der Waals surface area contributed by atoms with Crippen LogP contribution in [-0.2, 0) is 11.2 Å². The van der Waals surface area contributed by atoms with Crippen LogP contribution in [0.5, 0.6) is 0 Å². The van der Waals surface area contributed by atoms with Crippen molar-refractivity contribution in [2.24, 2.45) is 0 Å². The van der Waals surface area contributed by atoms with Gasteiger partial charge < -0.3 is 10.6 Å². The molecule has 1 amide bonds. The van der Waals surface area contributed by atoms with E-state index in [0.29, 0.717) is 17.3 Å². The molecule has 0 atom stereocenters. The van der Waals surface area contributed by atoms with Gasteiger partial charge in [-0.05, 0) is 42.7 Å². The molecule has 132 valence electrons. The summed E-state index contributed by atoms with van der Waals surface area (Å²) in [6.07, 6.45) is 9.35. The second-order valence-corrected chi connectivity index (χ2v) is 6.62. The molecule has 25 heavy (non-hydrogen) atoms. The first-order valence-electron chi connectivity index (χ1n) is 8.96. The van der Waals surface area contributed by atoms with Gasteiger partial charge in [0.2, 0.25) is 5.91 Å². The van der Waals surface area contributed by atoms with Crippen LogP contribution >= 0.6 is 0 Å². The zero-order chi connectivity index (χ0) is 17.5. The van der Waals surface area contributed by atoms with E-state index >= 15 is 0 Å². The van der Waals surface area contributed by atoms with Crippen molar-refractivity contribution in [1.29, 1.82) is 0 Å².